The van der Waals surface area contributed by atoms with Crippen LogP contribution in [0.3, 0.4) is 0 Å². The van der Waals surface area contributed by atoms with Crippen LogP contribution in [0.4, 0.5) is 34.1 Å². The molecule has 0 saturated carbocycles. The largest absolute Gasteiger partial charge is 0.311 e. The van der Waals surface area contributed by atoms with E-state index < -0.39 is 6.71 Å². The van der Waals surface area contributed by atoms with Gasteiger partial charge in [0.1, 0.15) is 0 Å². The topological polar surface area (TPSA) is 26.2 Å². The third-order valence-corrected chi connectivity index (χ3v) is 26.9. The highest BCUT2D eigenvalue weighted by molar-refractivity contribution is 7.00. The molecule has 0 N–H and O–H groups in total. The number of fused-ring (bicyclic) bond motifs is 16. The van der Waals surface area contributed by atoms with E-state index >= 15 is 0 Å². The Bertz CT molecular complexity index is 7980. The maximum atomic E-state index is 2.69. The van der Waals surface area contributed by atoms with Gasteiger partial charge >= 0.3 is 0 Å². The number of anilines is 6. The Hall–Kier alpha value is -16.7. The lowest BCUT2D eigenvalue weighted by Gasteiger charge is -2.45. The van der Waals surface area contributed by atoms with E-state index in [0.29, 0.717) is 0 Å². The van der Waals surface area contributed by atoms with Crippen LogP contribution >= 0.6 is 0 Å². The lowest BCUT2D eigenvalue weighted by molar-refractivity contribution is 1.14. The van der Waals surface area contributed by atoms with E-state index in [2.05, 4.69) is 495 Å². The van der Waals surface area contributed by atoms with Crippen molar-refractivity contribution in [1.29, 1.82) is 0 Å². The van der Waals surface area contributed by atoms with Crippen LogP contribution in [0.1, 0.15) is 0 Å². The van der Waals surface area contributed by atoms with Crippen LogP contribution < -0.4 is 26.2 Å². The molecule has 0 amide bonds. The number of hydrogen-bond acceptors (Lipinski definition) is 2. The molecule has 0 aliphatic carbocycles. The SMILES string of the molecule is c1ccc(-c2ccccc2-c2ccc3c(c2)c2cc4c(cc2n3-c2ccccc2)B2c3cc5c(cc3N(c3ccccc3-c3ccccc3)c3cc(-c6c(-n7c8ccccc8c8ccccc87)cccc6-n6c7ccccc7c7ccccc76)cc(c32)N4c2ccccc2-c2ccccc2)c2cc(-c3ccccc3-c3ccccc3)ccc2n5-c2ccccc2)cc1. The van der Waals surface area contributed by atoms with Crippen molar-refractivity contribution in [3.63, 3.8) is 0 Å². The van der Waals surface area contributed by atoms with Gasteiger partial charge in [0, 0.05) is 93.9 Å². The summed E-state index contributed by atoms with van der Waals surface area (Å²) < 4.78 is 10.2. The molecule has 0 radical (unpaired) electrons. The van der Waals surface area contributed by atoms with Gasteiger partial charge in [-0.2, -0.15) is 0 Å². The second-order valence-electron chi connectivity index (χ2n) is 33.7. The van der Waals surface area contributed by atoms with Crippen LogP contribution in [0.5, 0.6) is 0 Å². The highest BCUT2D eigenvalue weighted by Crippen LogP contribution is 2.55. The number of nitrogens with zero attached hydrogens (tertiary/aromatic N) is 6. The first-order chi connectivity index (χ1) is 63.1. The summed E-state index contributed by atoms with van der Waals surface area (Å²) in [6.07, 6.45) is 0. The van der Waals surface area contributed by atoms with E-state index in [1.165, 1.54) is 71.3 Å². The third-order valence-electron chi connectivity index (χ3n) is 26.9. The van der Waals surface area contributed by atoms with E-state index in [9.17, 15) is 0 Å². The zero-order valence-corrected chi connectivity index (χ0v) is 69.2. The molecule has 0 bridgehead atoms. The Kier molecular flexibility index (Phi) is 16.4. The van der Waals surface area contributed by atoms with Crippen LogP contribution in [0, 0.1) is 0 Å². The van der Waals surface area contributed by atoms with E-state index in [-0.39, 0.29) is 0 Å². The van der Waals surface area contributed by atoms with Gasteiger partial charge in [-0.25, -0.2) is 0 Å². The van der Waals surface area contributed by atoms with E-state index in [1.807, 2.05) is 0 Å². The number of benzene rings is 20. The Morgan fingerprint density at radius 3 is 0.803 bits per heavy atom. The molecule has 0 spiro atoms. The third kappa shape index (κ3) is 11.2. The standard InChI is InChI=1S/C120H77BN6/c1-7-36-78(37-8-1)87-48-19-21-50-89(87)82-66-68-109-97(70-82)99-74-115-101(76-113(99)122(109)85-44-15-5-16-45-85)121-102-77-114-100(98-71-83(67-69-110(98)123(114)86-46-17-6-18-47-86)90-51-22-20-49-88(90)79-38-9-2-10-39-79)75-116(102)127(104-59-30-24-53-92(104)81-42-13-4-14-43-81)118-73-84(72-117(120(118)121)126(115)103-58-29-23-52-91(103)80-40-11-3-12-41-80)119-111(124-105-60-31-25-54-93(105)94-55-26-32-61-106(94)124)64-35-65-112(119)125-107-62-33-27-56-95(107)96-57-28-34-63-108(96)125/h1-77H. The first kappa shape index (κ1) is 71.9. The lowest BCUT2D eigenvalue weighted by atomic mass is 9.33. The van der Waals surface area contributed by atoms with Gasteiger partial charge in [0.2, 0.25) is 0 Å². The number of para-hydroxylation sites is 8. The molecule has 2 aliphatic rings. The Morgan fingerprint density at radius 1 is 0.150 bits per heavy atom. The quantitative estimate of drug-likeness (QED) is 0.108. The first-order valence-corrected chi connectivity index (χ1v) is 43.9. The Morgan fingerprint density at radius 2 is 0.433 bits per heavy atom. The van der Waals surface area contributed by atoms with E-state index in [4.69, 9.17) is 0 Å². The minimum Gasteiger partial charge on any atom is -0.311 e. The van der Waals surface area contributed by atoms with Crippen molar-refractivity contribution in [3.8, 4) is 101 Å². The fraction of sp³-hybridized carbons (Fsp3) is 0. The number of rotatable bonds is 13. The number of hydrogen-bond donors (Lipinski definition) is 0. The van der Waals surface area contributed by atoms with E-state index in [1.54, 1.807) is 0 Å². The normalized spacial score (nSPS) is 12.4. The van der Waals surface area contributed by atoms with Gasteiger partial charge in [-0.05, 0) is 211 Å². The van der Waals surface area contributed by atoms with E-state index in [0.717, 1.165) is 167 Å². The van der Waals surface area contributed by atoms with Crippen molar-refractivity contribution in [2.75, 3.05) is 9.80 Å². The molecule has 7 heteroatoms. The molecule has 6 heterocycles. The van der Waals surface area contributed by atoms with Gasteiger partial charge in [-0.15, -0.1) is 0 Å². The second-order valence-corrected chi connectivity index (χ2v) is 33.7. The molecule has 0 saturated heterocycles. The minimum absolute atomic E-state index is 0.409. The van der Waals surface area contributed by atoms with Crippen molar-refractivity contribution >= 4 is 144 Å². The maximum absolute atomic E-state index is 2.69. The van der Waals surface area contributed by atoms with Gasteiger partial charge in [0.05, 0.1) is 66.9 Å². The molecule has 6 nitrogen and oxygen atoms in total. The molecule has 24 aromatic rings. The van der Waals surface area contributed by atoms with Gasteiger partial charge in [-0.1, -0.05) is 334 Å². The minimum atomic E-state index is -0.409. The number of aromatic nitrogens is 4. The zero-order chi connectivity index (χ0) is 83.3. The summed E-state index contributed by atoms with van der Waals surface area (Å²) in [6, 6.07) is 175. The van der Waals surface area contributed by atoms with Crippen molar-refractivity contribution in [2.24, 2.45) is 0 Å². The van der Waals surface area contributed by atoms with Crippen molar-refractivity contribution in [2.45, 2.75) is 0 Å². The Balaban J connectivity index is 0.860. The fourth-order valence-electron chi connectivity index (χ4n) is 21.6. The van der Waals surface area contributed by atoms with Gasteiger partial charge < -0.3 is 28.1 Å². The van der Waals surface area contributed by atoms with Crippen molar-refractivity contribution < 1.29 is 0 Å². The molecule has 0 atom stereocenters. The molecule has 590 valence electrons. The summed E-state index contributed by atoms with van der Waals surface area (Å²) in [6.45, 7) is -0.409. The molecule has 4 aromatic heterocycles. The molecule has 127 heavy (non-hydrogen) atoms. The molecule has 20 aromatic carbocycles. The van der Waals surface area contributed by atoms with Crippen molar-refractivity contribution in [3.05, 3.63) is 467 Å². The van der Waals surface area contributed by atoms with Crippen LogP contribution in [0.25, 0.3) is 188 Å². The maximum Gasteiger partial charge on any atom is 0.252 e. The van der Waals surface area contributed by atoms with Gasteiger partial charge in [0.15, 0.2) is 0 Å². The van der Waals surface area contributed by atoms with Gasteiger partial charge in [0.25, 0.3) is 6.71 Å². The van der Waals surface area contributed by atoms with Crippen molar-refractivity contribution in [1.82, 2.24) is 18.3 Å². The summed E-state index contributed by atoms with van der Waals surface area (Å²) >= 11 is 0. The summed E-state index contributed by atoms with van der Waals surface area (Å²) in [5.74, 6) is 0. The predicted octanol–water partition coefficient (Wildman–Crippen LogP) is 29.8. The highest BCUT2D eigenvalue weighted by Gasteiger charge is 2.46. The summed E-state index contributed by atoms with van der Waals surface area (Å²) in [4.78, 5) is 5.39. The average molecular weight is 1610 g/mol. The predicted molar refractivity (Wildman–Crippen MR) is 536 cm³/mol. The molecule has 26 rings (SSSR count). The molecular weight excluding hydrogens is 1540 g/mol. The first-order valence-electron chi connectivity index (χ1n) is 43.9. The molecular formula is C120H77BN6. The fourth-order valence-corrected chi connectivity index (χ4v) is 21.6. The summed E-state index contributed by atoms with van der Waals surface area (Å²) in [5.41, 5.74) is 39.2. The lowest BCUT2D eigenvalue weighted by Crippen LogP contribution is -2.61. The monoisotopic (exact) mass is 1610 g/mol. The average Bonchev–Trinajstić information content (AvgIpc) is 1.67. The molecule has 0 unspecified atom stereocenters. The van der Waals surface area contributed by atoms with Crippen LogP contribution in [0.15, 0.2) is 467 Å². The summed E-state index contributed by atoms with van der Waals surface area (Å²) in [7, 11) is 0. The highest BCUT2D eigenvalue weighted by atomic mass is 15.2. The molecule has 2 aliphatic heterocycles. The zero-order valence-electron chi connectivity index (χ0n) is 69.2. The Labute approximate surface area is 735 Å². The second kappa shape index (κ2) is 29.0. The smallest absolute Gasteiger partial charge is 0.252 e. The van der Waals surface area contributed by atoms with Crippen LogP contribution in [-0.2, 0) is 0 Å². The van der Waals surface area contributed by atoms with Crippen LogP contribution in [0.2, 0.25) is 0 Å². The molecule has 0 fully saturated rings. The van der Waals surface area contributed by atoms with Crippen LogP contribution in [-0.4, -0.2) is 25.0 Å². The van der Waals surface area contributed by atoms with Gasteiger partial charge in [-0.3, -0.25) is 0 Å². The summed E-state index contributed by atoms with van der Waals surface area (Å²) in [5, 5.41) is 9.35.